The highest BCUT2D eigenvalue weighted by Gasteiger charge is 2.37. The molecule has 1 N–H and O–H groups in total. The van der Waals surface area contributed by atoms with Crippen LogP contribution in [0.25, 0.3) is 0 Å². The Morgan fingerprint density at radius 3 is 2.33 bits per heavy atom. The second-order valence-electron chi connectivity index (χ2n) is 10.2. The Hall–Kier alpha value is -2.51. The van der Waals surface area contributed by atoms with E-state index in [9.17, 15) is 26.4 Å². The van der Waals surface area contributed by atoms with E-state index in [0.29, 0.717) is 18.9 Å². The molecule has 0 amide bonds. The van der Waals surface area contributed by atoms with E-state index in [2.05, 4.69) is 20.1 Å². The van der Waals surface area contributed by atoms with E-state index in [1.165, 1.54) is 23.0 Å². The minimum absolute atomic E-state index is 0.0362. The summed E-state index contributed by atoms with van der Waals surface area (Å²) >= 11 is 6.36. The number of aromatic nitrogens is 2. The fourth-order valence-corrected chi connectivity index (χ4v) is 6.90. The molecule has 9 nitrogen and oxygen atoms in total. The summed E-state index contributed by atoms with van der Waals surface area (Å²) in [6.07, 6.45) is 1.73. The molecule has 2 aliphatic carbocycles. The average Bonchev–Trinajstić information content (AvgIpc) is 3.72. The van der Waals surface area contributed by atoms with Gasteiger partial charge in [-0.25, -0.2) is 13.1 Å². The number of sulfone groups is 1. The largest absolute Gasteiger partial charge is 0.573 e. The lowest BCUT2D eigenvalue weighted by Gasteiger charge is -2.39. The summed E-state index contributed by atoms with van der Waals surface area (Å²) in [5.41, 5.74) is 0.701. The van der Waals surface area contributed by atoms with Crippen LogP contribution < -0.4 is 20.5 Å². The predicted molar refractivity (Wildman–Crippen MR) is 140 cm³/mol. The van der Waals surface area contributed by atoms with Crippen molar-refractivity contribution in [1.29, 1.82) is 0 Å². The number of benzene rings is 1. The molecule has 39 heavy (non-hydrogen) atoms. The van der Waals surface area contributed by atoms with Gasteiger partial charge in [0.2, 0.25) is 0 Å². The van der Waals surface area contributed by atoms with Gasteiger partial charge in [-0.3, -0.25) is 4.79 Å². The van der Waals surface area contributed by atoms with Gasteiger partial charge in [-0.05, 0) is 62.8 Å². The Morgan fingerprint density at radius 1 is 1.10 bits per heavy atom. The summed E-state index contributed by atoms with van der Waals surface area (Å²) < 4.78 is 72.7. The van der Waals surface area contributed by atoms with E-state index in [-0.39, 0.29) is 54.1 Å². The summed E-state index contributed by atoms with van der Waals surface area (Å²) in [6, 6.07) is 6.39. The van der Waals surface area contributed by atoms with Gasteiger partial charge in [-0.1, -0.05) is 11.6 Å². The summed E-state index contributed by atoms with van der Waals surface area (Å²) in [6.45, 7) is 0.337. The number of hydrogen-bond acceptors (Lipinski definition) is 8. The third kappa shape index (κ3) is 6.63. The van der Waals surface area contributed by atoms with Crippen molar-refractivity contribution in [2.75, 3.05) is 35.7 Å². The number of alkyl halides is 3. The van der Waals surface area contributed by atoms with Gasteiger partial charge in [0.1, 0.15) is 16.0 Å². The SMILES string of the molecule is O=c1c(Cl)c(NC[C@@H]2COCCS2(=O)=O)cnn1[C@H]1CC[C@H](N(c2ccc(OC(F)(F)F)cc2)C2CC2)CC1. The van der Waals surface area contributed by atoms with Gasteiger partial charge in [0.15, 0.2) is 9.84 Å². The van der Waals surface area contributed by atoms with E-state index in [1.807, 2.05) is 0 Å². The van der Waals surface area contributed by atoms with Crippen molar-refractivity contribution >= 4 is 32.8 Å². The van der Waals surface area contributed by atoms with Gasteiger partial charge in [-0.2, -0.15) is 5.10 Å². The number of nitrogens with zero attached hydrogens (tertiary/aromatic N) is 3. The molecule has 0 spiro atoms. The first-order valence-corrected chi connectivity index (χ1v) is 15.1. The third-order valence-electron chi connectivity index (χ3n) is 7.50. The molecule has 0 radical (unpaired) electrons. The number of rotatable bonds is 8. The highest BCUT2D eigenvalue weighted by atomic mass is 35.5. The highest BCUT2D eigenvalue weighted by Crippen LogP contribution is 2.40. The Kier molecular flexibility index (Phi) is 8.03. The zero-order valence-electron chi connectivity index (χ0n) is 21.1. The van der Waals surface area contributed by atoms with Crippen LogP contribution in [0.3, 0.4) is 0 Å². The van der Waals surface area contributed by atoms with Crippen molar-refractivity contribution in [3.05, 3.63) is 45.8 Å². The second-order valence-corrected chi connectivity index (χ2v) is 13.0. The quantitative estimate of drug-likeness (QED) is 0.489. The van der Waals surface area contributed by atoms with Crippen LogP contribution >= 0.6 is 11.6 Å². The van der Waals surface area contributed by atoms with Crippen LogP contribution in [0.4, 0.5) is 24.5 Å². The van der Waals surface area contributed by atoms with Crippen LogP contribution in [-0.2, 0) is 14.6 Å². The first-order chi connectivity index (χ1) is 18.5. The van der Waals surface area contributed by atoms with Crippen LogP contribution in [0, 0.1) is 0 Å². The van der Waals surface area contributed by atoms with Crippen LogP contribution in [0.15, 0.2) is 35.3 Å². The van der Waals surface area contributed by atoms with Crippen molar-refractivity contribution in [3.63, 3.8) is 0 Å². The van der Waals surface area contributed by atoms with Crippen LogP contribution in [-0.4, -0.2) is 67.4 Å². The van der Waals surface area contributed by atoms with Gasteiger partial charge in [0.25, 0.3) is 5.56 Å². The number of anilines is 2. The average molecular weight is 591 g/mol. The molecule has 214 valence electrons. The molecule has 1 aromatic carbocycles. The lowest BCUT2D eigenvalue weighted by molar-refractivity contribution is -0.274. The summed E-state index contributed by atoms with van der Waals surface area (Å²) in [7, 11) is -3.28. The molecule has 2 aromatic rings. The highest BCUT2D eigenvalue weighted by molar-refractivity contribution is 7.92. The van der Waals surface area contributed by atoms with E-state index in [1.54, 1.807) is 12.1 Å². The molecule has 1 saturated heterocycles. The number of nitrogens with one attached hydrogen (secondary N) is 1. The predicted octanol–water partition coefficient (Wildman–Crippen LogP) is 4.17. The molecule has 14 heteroatoms. The van der Waals surface area contributed by atoms with Crippen LogP contribution in [0.5, 0.6) is 5.75 Å². The summed E-state index contributed by atoms with van der Waals surface area (Å²) in [4.78, 5) is 15.3. The maximum atomic E-state index is 13.0. The first kappa shape index (κ1) is 28.0. The molecular formula is C25H30ClF3N4O5S. The van der Waals surface area contributed by atoms with Crippen LogP contribution in [0.2, 0.25) is 5.02 Å². The van der Waals surface area contributed by atoms with Crippen molar-refractivity contribution in [2.45, 2.75) is 68.3 Å². The first-order valence-electron chi connectivity index (χ1n) is 13.0. The number of halogens is 4. The zero-order chi connectivity index (χ0) is 27.8. The standard InChI is InChI=1S/C25H30ClF3N4O5S/c26-23-22(30-13-21-15-37-11-12-39(21,35)36)14-31-33(24(23)34)19-5-3-17(4-6-19)32(16-1-2-16)18-7-9-20(10-8-18)38-25(27,28)29/h7-10,14,16-17,19,21,30H,1-6,11-13,15H2/t17-,19-,21-/m1/s1. The van der Waals surface area contributed by atoms with Gasteiger partial charge in [0, 0.05) is 24.3 Å². The van der Waals surface area contributed by atoms with Gasteiger partial charge in [-0.15, -0.1) is 13.2 Å². The molecule has 2 heterocycles. The Morgan fingerprint density at radius 2 is 1.74 bits per heavy atom. The van der Waals surface area contributed by atoms with E-state index >= 15 is 0 Å². The normalized spacial score (nSPS) is 25.2. The van der Waals surface area contributed by atoms with Gasteiger partial charge >= 0.3 is 6.36 Å². The van der Waals surface area contributed by atoms with E-state index in [4.69, 9.17) is 16.3 Å². The van der Waals surface area contributed by atoms with Gasteiger partial charge in [0.05, 0.1) is 36.9 Å². The zero-order valence-corrected chi connectivity index (χ0v) is 22.6. The molecule has 1 aliphatic heterocycles. The summed E-state index contributed by atoms with van der Waals surface area (Å²) in [5.74, 6) is -0.286. The maximum absolute atomic E-state index is 13.0. The molecule has 2 saturated carbocycles. The molecule has 3 aliphatic rings. The lowest BCUT2D eigenvalue weighted by atomic mass is 9.89. The molecule has 5 rings (SSSR count). The van der Waals surface area contributed by atoms with Crippen molar-refractivity contribution in [3.8, 4) is 5.75 Å². The Labute approximate surface area is 229 Å². The second kappa shape index (κ2) is 11.2. The Bertz CT molecular complexity index is 1330. The third-order valence-corrected chi connectivity index (χ3v) is 9.92. The van der Waals surface area contributed by atoms with E-state index in [0.717, 1.165) is 31.4 Å². The lowest BCUT2D eigenvalue weighted by Crippen LogP contribution is -2.42. The number of ether oxygens (including phenoxy) is 2. The molecule has 0 unspecified atom stereocenters. The molecule has 0 bridgehead atoms. The fourth-order valence-electron chi connectivity index (χ4n) is 5.37. The van der Waals surface area contributed by atoms with Crippen molar-refractivity contribution in [1.82, 2.24) is 9.78 Å². The molecule has 3 fully saturated rings. The summed E-state index contributed by atoms with van der Waals surface area (Å²) in [5, 5.41) is 6.52. The maximum Gasteiger partial charge on any atom is 0.573 e. The topological polar surface area (TPSA) is 103 Å². The number of hydrogen-bond donors (Lipinski definition) is 1. The van der Waals surface area contributed by atoms with E-state index < -0.39 is 27.0 Å². The van der Waals surface area contributed by atoms with Crippen molar-refractivity contribution in [2.24, 2.45) is 0 Å². The smallest absolute Gasteiger partial charge is 0.406 e. The minimum Gasteiger partial charge on any atom is -0.406 e. The van der Waals surface area contributed by atoms with Crippen molar-refractivity contribution < 1.29 is 31.1 Å². The minimum atomic E-state index is -4.73. The van der Waals surface area contributed by atoms with Gasteiger partial charge < -0.3 is 19.7 Å². The van der Waals surface area contributed by atoms with Crippen LogP contribution in [0.1, 0.15) is 44.6 Å². The Balaban J connectivity index is 1.22. The monoisotopic (exact) mass is 590 g/mol. The fraction of sp³-hybridized carbons (Fsp3) is 0.600. The molecule has 1 atom stereocenters. The molecular weight excluding hydrogens is 561 g/mol. The molecule has 1 aromatic heterocycles.